The number of amides is 1. The van der Waals surface area contributed by atoms with Gasteiger partial charge in [-0.2, -0.15) is 0 Å². The highest BCUT2D eigenvalue weighted by atomic mass is 16.5. The van der Waals surface area contributed by atoms with Crippen LogP contribution in [0.5, 0.6) is 0 Å². The molecule has 1 fully saturated rings. The lowest BCUT2D eigenvalue weighted by molar-refractivity contribution is -0.135. The van der Waals surface area contributed by atoms with Gasteiger partial charge < -0.3 is 19.4 Å². The normalized spacial score (nSPS) is 15.1. The first-order valence-corrected chi connectivity index (χ1v) is 7.97. The molecule has 0 N–H and O–H groups in total. The largest absolute Gasteiger partial charge is 0.378 e. The van der Waals surface area contributed by atoms with Gasteiger partial charge in [0.25, 0.3) is 0 Å². The first kappa shape index (κ1) is 16.8. The standard InChI is InChI=1S/C17H27N3O2/c1-18(9-8-17(21)20-12-14-22-15-13-20)10-11-19(2)16-6-4-3-5-7-16/h3-7H,8-15H2,1-2H3. The van der Waals surface area contributed by atoms with E-state index in [-0.39, 0.29) is 5.91 Å². The summed E-state index contributed by atoms with van der Waals surface area (Å²) in [5.41, 5.74) is 1.22. The van der Waals surface area contributed by atoms with Gasteiger partial charge in [0.1, 0.15) is 0 Å². The van der Waals surface area contributed by atoms with Gasteiger partial charge in [0.05, 0.1) is 13.2 Å². The van der Waals surface area contributed by atoms with Crippen LogP contribution in [0.2, 0.25) is 0 Å². The Hall–Kier alpha value is -1.59. The summed E-state index contributed by atoms with van der Waals surface area (Å²) >= 11 is 0. The Balaban J connectivity index is 1.65. The van der Waals surface area contributed by atoms with Crippen LogP contribution in [0, 0.1) is 0 Å². The molecule has 1 amide bonds. The van der Waals surface area contributed by atoms with Gasteiger partial charge in [0.2, 0.25) is 5.91 Å². The molecule has 0 bridgehead atoms. The Morgan fingerprint density at radius 2 is 1.77 bits per heavy atom. The van der Waals surface area contributed by atoms with Crippen molar-refractivity contribution in [1.82, 2.24) is 9.80 Å². The summed E-state index contributed by atoms with van der Waals surface area (Å²) in [5.74, 6) is 0.242. The fourth-order valence-corrected chi connectivity index (χ4v) is 2.50. The highest BCUT2D eigenvalue weighted by molar-refractivity contribution is 5.76. The summed E-state index contributed by atoms with van der Waals surface area (Å²) in [7, 11) is 4.17. The molecule has 2 rings (SSSR count). The molecule has 0 saturated carbocycles. The molecule has 0 unspecified atom stereocenters. The summed E-state index contributed by atoms with van der Waals surface area (Å²) in [6.45, 7) is 5.51. The highest BCUT2D eigenvalue weighted by Crippen LogP contribution is 2.10. The van der Waals surface area contributed by atoms with E-state index in [2.05, 4.69) is 48.2 Å². The van der Waals surface area contributed by atoms with Crippen LogP contribution in [-0.2, 0) is 9.53 Å². The molecule has 1 aromatic rings. The third-order valence-corrected chi connectivity index (χ3v) is 4.09. The Kier molecular flexibility index (Phi) is 6.68. The number of hydrogen-bond donors (Lipinski definition) is 0. The number of nitrogens with zero attached hydrogens (tertiary/aromatic N) is 3. The van der Waals surface area contributed by atoms with Gasteiger partial charge in [0.15, 0.2) is 0 Å². The number of anilines is 1. The summed E-state index contributed by atoms with van der Waals surface area (Å²) in [4.78, 5) is 18.5. The quantitative estimate of drug-likeness (QED) is 0.761. The maximum atomic E-state index is 12.1. The van der Waals surface area contributed by atoms with E-state index >= 15 is 0 Å². The average molecular weight is 305 g/mol. The number of carbonyl (C=O) groups excluding carboxylic acids is 1. The van der Waals surface area contributed by atoms with E-state index in [0.29, 0.717) is 19.6 Å². The molecule has 0 radical (unpaired) electrons. The summed E-state index contributed by atoms with van der Waals surface area (Å²) < 4.78 is 5.27. The number of benzene rings is 1. The van der Waals surface area contributed by atoms with Crippen molar-refractivity contribution >= 4 is 11.6 Å². The van der Waals surface area contributed by atoms with Gasteiger partial charge in [-0.05, 0) is 19.2 Å². The predicted octanol–water partition coefficient (Wildman–Crippen LogP) is 1.30. The molecule has 1 heterocycles. The van der Waals surface area contributed by atoms with Gasteiger partial charge >= 0.3 is 0 Å². The molecule has 0 spiro atoms. The van der Waals surface area contributed by atoms with Crippen LogP contribution in [0.4, 0.5) is 5.69 Å². The number of carbonyl (C=O) groups is 1. The second-order valence-corrected chi connectivity index (χ2v) is 5.80. The number of ether oxygens (including phenoxy) is 1. The highest BCUT2D eigenvalue weighted by Gasteiger charge is 2.16. The fourth-order valence-electron chi connectivity index (χ4n) is 2.50. The molecule has 1 aliphatic rings. The Bertz CT molecular complexity index is 446. The van der Waals surface area contributed by atoms with Gasteiger partial charge in [-0.1, -0.05) is 18.2 Å². The average Bonchev–Trinajstić information content (AvgIpc) is 2.59. The molecular formula is C17H27N3O2. The number of likely N-dealkylation sites (N-methyl/N-ethyl adjacent to an activating group) is 2. The van der Waals surface area contributed by atoms with Crippen molar-refractivity contribution in [3.05, 3.63) is 30.3 Å². The van der Waals surface area contributed by atoms with Crippen LogP contribution >= 0.6 is 0 Å². The molecule has 122 valence electrons. The lowest BCUT2D eigenvalue weighted by Gasteiger charge is -2.28. The Morgan fingerprint density at radius 3 is 2.45 bits per heavy atom. The van der Waals surface area contributed by atoms with E-state index in [4.69, 9.17) is 4.74 Å². The molecule has 1 aliphatic heterocycles. The van der Waals surface area contributed by atoms with Gasteiger partial charge in [-0.3, -0.25) is 4.79 Å². The topological polar surface area (TPSA) is 36.0 Å². The lowest BCUT2D eigenvalue weighted by Crippen LogP contribution is -2.42. The molecule has 0 atom stereocenters. The van der Waals surface area contributed by atoms with Crippen molar-refractivity contribution in [3.8, 4) is 0 Å². The van der Waals surface area contributed by atoms with E-state index in [0.717, 1.165) is 32.7 Å². The number of hydrogen-bond acceptors (Lipinski definition) is 4. The maximum absolute atomic E-state index is 12.1. The SMILES string of the molecule is CN(CCC(=O)N1CCOCC1)CCN(C)c1ccccc1. The van der Waals surface area contributed by atoms with Crippen LogP contribution < -0.4 is 4.90 Å². The van der Waals surface area contributed by atoms with Crippen LogP contribution in [0.25, 0.3) is 0 Å². The molecule has 1 aromatic carbocycles. The van der Waals surface area contributed by atoms with Crippen molar-refractivity contribution < 1.29 is 9.53 Å². The van der Waals surface area contributed by atoms with Crippen molar-refractivity contribution in [2.45, 2.75) is 6.42 Å². The monoisotopic (exact) mass is 305 g/mol. The zero-order chi connectivity index (χ0) is 15.8. The second-order valence-electron chi connectivity index (χ2n) is 5.80. The van der Waals surface area contributed by atoms with E-state index in [9.17, 15) is 4.79 Å². The fraction of sp³-hybridized carbons (Fsp3) is 0.588. The minimum absolute atomic E-state index is 0.242. The third kappa shape index (κ3) is 5.31. The Morgan fingerprint density at radius 1 is 1.09 bits per heavy atom. The summed E-state index contributed by atoms with van der Waals surface area (Å²) in [6, 6.07) is 10.4. The van der Waals surface area contributed by atoms with Crippen molar-refractivity contribution in [2.24, 2.45) is 0 Å². The molecule has 22 heavy (non-hydrogen) atoms. The minimum Gasteiger partial charge on any atom is -0.378 e. The first-order chi connectivity index (χ1) is 10.7. The Labute approximate surface area is 133 Å². The van der Waals surface area contributed by atoms with E-state index in [1.807, 2.05) is 11.0 Å². The van der Waals surface area contributed by atoms with Crippen molar-refractivity contribution in [3.63, 3.8) is 0 Å². The number of rotatable bonds is 7. The molecule has 0 aromatic heterocycles. The van der Waals surface area contributed by atoms with E-state index in [1.165, 1.54) is 5.69 Å². The maximum Gasteiger partial charge on any atom is 0.224 e. The van der Waals surface area contributed by atoms with Crippen LogP contribution in [0.15, 0.2) is 30.3 Å². The van der Waals surface area contributed by atoms with Gasteiger partial charge in [-0.15, -0.1) is 0 Å². The third-order valence-electron chi connectivity index (χ3n) is 4.09. The summed E-state index contributed by atoms with van der Waals surface area (Å²) in [6.07, 6.45) is 0.589. The second kappa shape index (κ2) is 8.76. The van der Waals surface area contributed by atoms with Crippen LogP contribution in [0.3, 0.4) is 0 Å². The molecule has 0 aliphatic carbocycles. The van der Waals surface area contributed by atoms with Crippen molar-refractivity contribution in [1.29, 1.82) is 0 Å². The van der Waals surface area contributed by atoms with Crippen LogP contribution in [0.1, 0.15) is 6.42 Å². The van der Waals surface area contributed by atoms with Crippen molar-refractivity contribution in [2.75, 3.05) is 64.9 Å². The number of para-hydroxylation sites is 1. The van der Waals surface area contributed by atoms with Gasteiger partial charge in [0, 0.05) is 51.9 Å². The molecule has 5 heteroatoms. The molecule has 1 saturated heterocycles. The minimum atomic E-state index is 0.242. The molecular weight excluding hydrogens is 278 g/mol. The zero-order valence-corrected chi connectivity index (χ0v) is 13.7. The lowest BCUT2D eigenvalue weighted by atomic mass is 10.3. The van der Waals surface area contributed by atoms with Gasteiger partial charge in [-0.25, -0.2) is 0 Å². The number of morpholine rings is 1. The molecule has 5 nitrogen and oxygen atoms in total. The van der Waals surface area contributed by atoms with Crippen LogP contribution in [-0.4, -0.2) is 75.7 Å². The first-order valence-electron chi connectivity index (χ1n) is 7.97. The van der Waals surface area contributed by atoms with E-state index < -0.39 is 0 Å². The smallest absolute Gasteiger partial charge is 0.224 e. The summed E-state index contributed by atoms with van der Waals surface area (Å²) in [5, 5.41) is 0. The van der Waals surface area contributed by atoms with E-state index in [1.54, 1.807) is 0 Å². The predicted molar refractivity (Wildman–Crippen MR) is 89.2 cm³/mol. The zero-order valence-electron chi connectivity index (χ0n) is 13.7.